The maximum absolute atomic E-state index is 6.58. The summed E-state index contributed by atoms with van der Waals surface area (Å²) in [7, 11) is 0. The SMILES string of the molecule is c1ccc(-c2nc3cccc4c5ccc(-c6cccc(-c7cccc(-c8ccc9c(c8)C8(c%10ccccc%10Oc%10ccccc%108)c8ccccc8-9)c7)c6)cc5c2n34)cc1. The highest BCUT2D eigenvalue weighted by Gasteiger charge is 2.51. The van der Waals surface area contributed by atoms with Crippen molar-refractivity contribution < 1.29 is 4.74 Å². The first kappa shape index (κ1) is 32.3. The third-order valence-corrected chi connectivity index (χ3v) is 12.8. The Kier molecular flexibility index (Phi) is 6.65. The highest BCUT2D eigenvalue weighted by molar-refractivity contribution is 6.14. The fraction of sp³-hybridized carbons (Fsp3) is 0.0179. The van der Waals surface area contributed by atoms with Crippen LogP contribution in [0.3, 0.4) is 0 Å². The van der Waals surface area contributed by atoms with Gasteiger partial charge in [-0.25, -0.2) is 4.98 Å². The molecule has 11 aromatic rings. The first-order valence-electron chi connectivity index (χ1n) is 20.3. The van der Waals surface area contributed by atoms with Crippen LogP contribution in [-0.2, 0) is 5.41 Å². The Bertz CT molecular complexity index is 3440. The highest BCUT2D eigenvalue weighted by atomic mass is 16.5. The molecule has 274 valence electrons. The Morgan fingerprint density at radius 3 is 1.63 bits per heavy atom. The fourth-order valence-corrected chi connectivity index (χ4v) is 10.3. The zero-order valence-corrected chi connectivity index (χ0v) is 31.9. The van der Waals surface area contributed by atoms with Crippen LogP contribution in [0.1, 0.15) is 22.3 Å². The van der Waals surface area contributed by atoms with Crippen LogP contribution in [0.15, 0.2) is 206 Å². The molecule has 59 heavy (non-hydrogen) atoms. The maximum atomic E-state index is 6.58. The molecule has 0 bridgehead atoms. The molecule has 3 heteroatoms. The molecule has 3 nitrogen and oxygen atoms in total. The molecule has 0 radical (unpaired) electrons. The maximum Gasteiger partial charge on any atom is 0.138 e. The van der Waals surface area contributed by atoms with Gasteiger partial charge in [0.2, 0.25) is 0 Å². The number of pyridine rings is 1. The molecule has 2 aliphatic rings. The van der Waals surface area contributed by atoms with Gasteiger partial charge in [0, 0.05) is 27.5 Å². The van der Waals surface area contributed by atoms with Crippen LogP contribution in [0, 0.1) is 0 Å². The van der Waals surface area contributed by atoms with E-state index in [0.717, 1.165) is 33.9 Å². The van der Waals surface area contributed by atoms with Crippen LogP contribution >= 0.6 is 0 Å². The molecule has 0 saturated carbocycles. The molecular weight excluding hydrogens is 717 g/mol. The quantitative estimate of drug-likeness (QED) is 0.179. The summed E-state index contributed by atoms with van der Waals surface area (Å²) in [5, 5.41) is 2.46. The largest absolute Gasteiger partial charge is 0.457 e. The molecule has 0 saturated heterocycles. The van der Waals surface area contributed by atoms with E-state index in [1.54, 1.807) is 0 Å². The molecule has 0 atom stereocenters. The molecular formula is C56H34N2O. The standard InChI is InChI=1S/C56H34N2O/c1-2-13-35(14-3-1)54-55-45-33-40(28-30-44(45)50-23-12-26-53(57-54)58(50)55)38-17-10-15-36(31-38)37-16-11-18-39(32-37)41-27-29-43-42-19-4-5-20-46(42)56(49(43)34-41)47-21-6-8-24-51(47)59-52-25-9-7-22-48(52)56/h1-34H. The molecule has 13 rings (SSSR count). The number of aromatic nitrogens is 2. The number of hydrogen-bond donors (Lipinski definition) is 0. The number of nitrogens with zero attached hydrogens (tertiary/aromatic N) is 2. The van der Waals surface area contributed by atoms with Crippen LogP contribution in [0.5, 0.6) is 11.5 Å². The Hall–Kier alpha value is -7.75. The van der Waals surface area contributed by atoms with Crippen molar-refractivity contribution in [3.8, 4) is 67.3 Å². The topological polar surface area (TPSA) is 26.5 Å². The van der Waals surface area contributed by atoms with Gasteiger partial charge in [0.05, 0.1) is 22.1 Å². The van der Waals surface area contributed by atoms with Gasteiger partial charge in [0.1, 0.15) is 17.1 Å². The summed E-state index contributed by atoms with van der Waals surface area (Å²) in [5.74, 6) is 1.81. The van der Waals surface area contributed by atoms with Gasteiger partial charge in [-0.3, -0.25) is 4.40 Å². The lowest BCUT2D eigenvalue weighted by molar-refractivity contribution is 0.436. The summed E-state index contributed by atoms with van der Waals surface area (Å²) in [4.78, 5) is 5.11. The smallest absolute Gasteiger partial charge is 0.138 e. The van der Waals surface area contributed by atoms with Crippen LogP contribution < -0.4 is 4.74 Å². The fourth-order valence-electron chi connectivity index (χ4n) is 10.3. The van der Waals surface area contributed by atoms with Gasteiger partial charge in [-0.05, 0) is 104 Å². The second-order valence-electron chi connectivity index (χ2n) is 15.9. The number of para-hydroxylation sites is 2. The average Bonchev–Trinajstić information content (AvgIpc) is 3.96. The van der Waals surface area contributed by atoms with Crippen LogP contribution in [0.25, 0.3) is 83.2 Å². The van der Waals surface area contributed by atoms with Crippen molar-refractivity contribution in [3.63, 3.8) is 0 Å². The number of rotatable bonds is 4. The number of hydrogen-bond acceptors (Lipinski definition) is 2. The zero-order chi connectivity index (χ0) is 38.7. The predicted octanol–water partition coefficient (Wildman–Crippen LogP) is 14.2. The van der Waals surface area contributed by atoms with E-state index in [1.165, 1.54) is 83.1 Å². The van der Waals surface area contributed by atoms with Gasteiger partial charge < -0.3 is 4.74 Å². The monoisotopic (exact) mass is 750 g/mol. The molecule has 1 aliphatic heterocycles. The predicted molar refractivity (Wildman–Crippen MR) is 241 cm³/mol. The molecule has 1 spiro atoms. The van der Waals surface area contributed by atoms with Crippen LogP contribution in [0.4, 0.5) is 0 Å². The van der Waals surface area contributed by atoms with E-state index in [4.69, 9.17) is 9.72 Å². The van der Waals surface area contributed by atoms with Crippen molar-refractivity contribution in [1.82, 2.24) is 9.38 Å². The second-order valence-corrected chi connectivity index (χ2v) is 15.9. The number of benzene rings is 8. The highest BCUT2D eigenvalue weighted by Crippen LogP contribution is 2.62. The molecule has 0 fully saturated rings. The van der Waals surface area contributed by atoms with Crippen molar-refractivity contribution in [3.05, 3.63) is 229 Å². The molecule has 0 amide bonds. The van der Waals surface area contributed by atoms with E-state index in [-0.39, 0.29) is 0 Å². The molecule has 4 heterocycles. The minimum atomic E-state index is -0.499. The summed E-state index contributed by atoms with van der Waals surface area (Å²) in [6.07, 6.45) is 0. The molecule has 0 unspecified atom stereocenters. The van der Waals surface area contributed by atoms with E-state index in [0.29, 0.717) is 0 Å². The summed E-state index contributed by atoms with van der Waals surface area (Å²) >= 11 is 0. The Morgan fingerprint density at radius 1 is 0.373 bits per heavy atom. The summed E-state index contributed by atoms with van der Waals surface area (Å²) in [5.41, 5.74) is 19.6. The first-order valence-corrected chi connectivity index (χ1v) is 20.3. The number of ether oxygens (including phenoxy) is 1. The molecule has 0 N–H and O–H groups in total. The third-order valence-electron chi connectivity index (χ3n) is 12.8. The zero-order valence-electron chi connectivity index (χ0n) is 31.9. The Balaban J connectivity index is 0.930. The van der Waals surface area contributed by atoms with Gasteiger partial charge in [0.15, 0.2) is 0 Å². The van der Waals surface area contributed by atoms with Gasteiger partial charge in [-0.1, -0.05) is 158 Å². The summed E-state index contributed by atoms with van der Waals surface area (Å²) in [6.45, 7) is 0. The van der Waals surface area contributed by atoms with Gasteiger partial charge in [0.25, 0.3) is 0 Å². The van der Waals surface area contributed by atoms with E-state index in [9.17, 15) is 0 Å². The van der Waals surface area contributed by atoms with E-state index < -0.39 is 5.41 Å². The third kappa shape index (κ3) is 4.50. The first-order chi connectivity index (χ1) is 29.2. The van der Waals surface area contributed by atoms with Gasteiger partial charge in [-0.2, -0.15) is 0 Å². The normalized spacial score (nSPS) is 13.4. The molecule has 1 aliphatic carbocycles. The van der Waals surface area contributed by atoms with E-state index in [2.05, 4.69) is 211 Å². The second kappa shape index (κ2) is 12.1. The minimum absolute atomic E-state index is 0.499. The lowest BCUT2D eigenvalue weighted by atomic mass is 9.66. The molecule has 8 aromatic carbocycles. The Morgan fingerprint density at radius 2 is 0.915 bits per heavy atom. The van der Waals surface area contributed by atoms with Crippen molar-refractivity contribution >= 4 is 27.5 Å². The summed E-state index contributed by atoms with van der Waals surface area (Å²) in [6, 6.07) is 74.9. The average molecular weight is 751 g/mol. The van der Waals surface area contributed by atoms with Gasteiger partial charge >= 0.3 is 0 Å². The van der Waals surface area contributed by atoms with E-state index >= 15 is 0 Å². The van der Waals surface area contributed by atoms with Crippen molar-refractivity contribution in [2.24, 2.45) is 0 Å². The summed E-state index contributed by atoms with van der Waals surface area (Å²) < 4.78 is 8.90. The van der Waals surface area contributed by atoms with Crippen LogP contribution in [0.2, 0.25) is 0 Å². The lowest BCUT2D eigenvalue weighted by Gasteiger charge is -2.39. The molecule has 3 aromatic heterocycles. The lowest BCUT2D eigenvalue weighted by Crippen LogP contribution is -2.32. The van der Waals surface area contributed by atoms with Crippen LogP contribution in [-0.4, -0.2) is 9.38 Å². The van der Waals surface area contributed by atoms with Crippen molar-refractivity contribution in [2.75, 3.05) is 0 Å². The van der Waals surface area contributed by atoms with Crippen molar-refractivity contribution in [1.29, 1.82) is 0 Å². The van der Waals surface area contributed by atoms with Crippen molar-refractivity contribution in [2.45, 2.75) is 5.41 Å². The Labute approximate surface area is 341 Å². The minimum Gasteiger partial charge on any atom is -0.457 e. The van der Waals surface area contributed by atoms with Gasteiger partial charge in [-0.15, -0.1) is 0 Å². The number of imidazole rings is 1. The number of fused-ring (bicyclic) bond motifs is 12. The van der Waals surface area contributed by atoms with E-state index in [1.807, 2.05) is 0 Å².